The van der Waals surface area contributed by atoms with E-state index in [4.69, 9.17) is 17.0 Å². The van der Waals surface area contributed by atoms with E-state index in [0.29, 0.717) is 18.9 Å². The van der Waals surface area contributed by atoms with Crippen LogP contribution >= 0.6 is 12.6 Å². The van der Waals surface area contributed by atoms with Gasteiger partial charge < -0.3 is 14.3 Å². The number of para-hydroxylation sites is 2. The number of H-pyrrole nitrogens is 1. The van der Waals surface area contributed by atoms with Crippen molar-refractivity contribution in [2.45, 2.75) is 50.1 Å². The fourth-order valence-corrected chi connectivity index (χ4v) is 5.12. The smallest absolute Gasteiger partial charge is 0.289 e. The molecule has 7 nitrogen and oxygen atoms in total. The maximum atomic E-state index is 13.3. The summed E-state index contributed by atoms with van der Waals surface area (Å²) in [6.45, 7) is 3.21. The predicted octanol–water partition coefficient (Wildman–Crippen LogP) is 4.52. The Hall–Kier alpha value is -2.84. The van der Waals surface area contributed by atoms with E-state index >= 15 is 0 Å². The molecule has 166 valence electrons. The number of aromatic amines is 1. The van der Waals surface area contributed by atoms with Crippen molar-refractivity contribution < 1.29 is 9.21 Å². The van der Waals surface area contributed by atoms with Crippen LogP contribution < -0.4 is 5.32 Å². The third-order valence-electron chi connectivity index (χ3n) is 6.27. The number of imidazole rings is 1. The molecule has 0 saturated heterocycles. The van der Waals surface area contributed by atoms with Crippen LogP contribution in [0.3, 0.4) is 0 Å². The minimum Gasteiger partial charge on any atom is -0.458 e. The molecule has 1 aliphatic rings. The van der Waals surface area contributed by atoms with Crippen molar-refractivity contribution in [2.24, 2.45) is 0 Å². The number of amides is 1. The van der Waals surface area contributed by atoms with Gasteiger partial charge in [-0.2, -0.15) is 12.6 Å². The van der Waals surface area contributed by atoms with E-state index in [2.05, 4.69) is 20.3 Å². The van der Waals surface area contributed by atoms with Gasteiger partial charge in [0.05, 0.1) is 22.4 Å². The lowest BCUT2D eigenvalue weighted by Gasteiger charge is -2.42. The molecule has 8 heteroatoms. The van der Waals surface area contributed by atoms with E-state index in [0.717, 1.165) is 53.6 Å². The van der Waals surface area contributed by atoms with Crippen molar-refractivity contribution in [1.82, 2.24) is 25.2 Å². The van der Waals surface area contributed by atoms with Crippen LogP contribution in [0, 0.1) is 0 Å². The van der Waals surface area contributed by atoms with E-state index in [1.807, 2.05) is 54.3 Å². The fraction of sp³-hybridized carbons (Fsp3) is 0.375. The Morgan fingerprint density at radius 1 is 1.31 bits per heavy atom. The quantitative estimate of drug-likeness (QED) is 0.297. The zero-order valence-corrected chi connectivity index (χ0v) is 18.9. The van der Waals surface area contributed by atoms with E-state index in [1.165, 1.54) is 0 Å². The van der Waals surface area contributed by atoms with Crippen molar-refractivity contribution in [3.63, 3.8) is 0 Å². The van der Waals surface area contributed by atoms with Crippen LogP contribution in [0.15, 0.2) is 53.1 Å². The number of hydrogen-bond acceptors (Lipinski definition) is 6. The van der Waals surface area contributed by atoms with Crippen LogP contribution in [-0.4, -0.2) is 43.2 Å². The van der Waals surface area contributed by atoms with E-state index in [1.54, 1.807) is 6.20 Å². The monoisotopic (exact) mass is 449 g/mol. The van der Waals surface area contributed by atoms with Gasteiger partial charge in [0, 0.05) is 24.8 Å². The van der Waals surface area contributed by atoms with Crippen molar-refractivity contribution in [3.05, 3.63) is 60.2 Å². The topological polar surface area (TPSA) is 87.0 Å². The fourth-order valence-electron chi connectivity index (χ4n) is 4.67. The van der Waals surface area contributed by atoms with E-state index in [-0.39, 0.29) is 16.8 Å². The molecule has 32 heavy (non-hydrogen) atoms. The van der Waals surface area contributed by atoms with Crippen LogP contribution in [0.25, 0.3) is 22.1 Å². The van der Waals surface area contributed by atoms with Crippen LogP contribution in [0.4, 0.5) is 0 Å². The molecule has 1 saturated carbocycles. The maximum Gasteiger partial charge on any atom is 0.289 e. The summed E-state index contributed by atoms with van der Waals surface area (Å²) in [4.78, 5) is 26.9. The number of fused-ring (bicyclic) bond motifs is 2. The lowest BCUT2D eigenvalue weighted by Crippen LogP contribution is -2.51. The second-order valence-electron chi connectivity index (χ2n) is 8.43. The number of rotatable bonds is 6. The first-order valence-corrected chi connectivity index (χ1v) is 11.6. The Kier molecular flexibility index (Phi) is 5.65. The largest absolute Gasteiger partial charge is 0.458 e. The number of carbonyl (C=O) groups excluding carboxylic acids is 1. The molecule has 1 amide bonds. The highest BCUT2D eigenvalue weighted by atomic mass is 32.1. The SMILES string of the molecule is CCN(C(=O)c1nc2ccccc2[nH]1)[C@H]1CCCC(S)(NCc2cc3ncccc3o2)C1. The molecule has 3 aromatic heterocycles. The summed E-state index contributed by atoms with van der Waals surface area (Å²) in [5.74, 6) is 1.17. The van der Waals surface area contributed by atoms with Gasteiger partial charge in [-0.3, -0.25) is 15.1 Å². The second kappa shape index (κ2) is 8.60. The van der Waals surface area contributed by atoms with Crippen LogP contribution in [0.2, 0.25) is 0 Å². The van der Waals surface area contributed by atoms with Gasteiger partial charge >= 0.3 is 0 Å². The Bertz CT molecular complexity index is 1190. The summed E-state index contributed by atoms with van der Waals surface area (Å²) in [7, 11) is 0. The average Bonchev–Trinajstić information content (AvgIpc) is 3.42. The lowest BCUT2D eigenvalue weighted by atomic mass is 9.89. The van der Waals surface area contributed by atoms with Crippen molar-refractivity contribution in [2.75, 3.05) is 6.54 Å². The Balaban J connectivity index is 1.29. The van der Waals surface area contributed by atoms with Gasteiger partial charge in [-0.15, -0.1) is 0 Å². The first-order chi connectivity index (χ1) is 15.5. The normalized spacial score (nSPS) is 21.2. The Morgan fingerprint density at radius 3 is 3.00 bits per heavy atom. The summed E-state index contributed by atoms with van der Waals surface area (Å²) in [6.07, 6.45) is 5.40. The zero-order chi connectivity index (χ0) is 22.1. The van der Waals surface area contributed by atoms with Gasteiger partial charge in [0.2, 0.25) is 0 Å². The van der Waals surface area contributed by atoms with Crippen LogP contribution in [0.5, 0.6) is 0 Å². The number of pyridine rings is 1. The number of nitrogens with one attached hydrogen (secondary N) is 2. The number of hydrogen-bond donors (Lipinski definition) is 3. The molecule has 0 bridgehead atoms. The van der Waals surface area contributed by atoms with Crippen molar-refractivity contribution in [3.8, 4) is 0 Å². The first-order valence-electron chi connectivity index (χ1n) is 11.1. The molecular formula is C24H27N5O2S. The molecule has 2 N–H and O–H groups in total. The number of thiol groups is 1. The number of carbonyl (C=O) groups is 1. The third-order valence-corrected chi connectivity index (χ3v) is 6.83. The highest BCUT2D eigenvalue weighted by Gasteiger charge is 2.37. The molecular weight excluding hydrogens is 422 g/mol. The Morgan fingerprint density at radius 2 is 2.19 bits per heavy atom. The van der Waals surface area contributed by atoms with Gasteiger partial charge in [0.15, 0.2) is 11.4 Å². The van der Waals surface area contributed by atoms with Crippen molar-refractivity contribution >= 4 is 40.7 Å². The van der Waals surface area contributed by atoms with Gasteiger partial charge in [0.25, 0.3) is 5.91 Å². The van der Waals surface area contributed by atoms with E-state index in [9.17, 15) is 4.79 Å². The molecule has 1 aliphatic carbocycles. The summed E-state index contributed by atoms with van der Waals surface area (Å²) in [5.41, 5.74) is 3.32. The number of nitrogens with zero attached hydrogens (tertiary/aromatic N) is 3. The highest BCUT2D eigenvalue weighted by molar-refractivity contribution is 7.81. The molecule has 0 aliphatic heterocycles. The summed E-state index contributed by atoms with van der Waals surface area (Å²) >= 11 is 5.00. The molecule has 0 radical (unpaired) electrons. The van der Waals surface area contributed by atoms with Gasteiger partial charge in [0.1, 0.15) is 11.3 Å². The predicted molar refractivity (Wildman–Crippen MR) is 128 cm³/mol. The number of benzene rings is 1. The maximum absolute atomic E-state index is 13.3. The van der Waals surface area contributed by atoms with Crippen LogP contribution in [0.1, 0.15) is 49.0 Å². The van der Waals surface area contributed by atoms with Crippen LogP contribution in [-0.2, 0) is 6.54 Å². The standard InChI is InChI=1S/C24H27N5O2S/c1-2-29(23(30)22-27-18-8-3-4-9-19(18)28-22)16-7-5-11-24(32,14-16)26-15-17-13-20-21(31-17)10-6-12-25-20/h3-4,6,8-10,12-13,16,26,32H,2,5,7,11,14-15H2,1H3,(H,27,28)/t16-,24?/m0/s1. The highest BCUT2D eigenvalue weighted by Crippen LogP contribution is 2.35. The molecule has 3 heterocycles. The molecule has 1 unspecified atom stereocenters. The lowest BCUT2D eigenvalue weighted by molar-refractivity contribution is 0.0605. The van der Waals surface area contributed by atoms with Gasteiger partial charge in [-0.1, -0.05) is 12.1 Å². The van der Waals surface area contributed by atoms with E-state index < -0.39 is 0 Å². The zero-order valence-electron chi connectivity index (χ0n) is 18.0. The molecule has 1 aromatic carbocycles. The summed E-state index contributed by atoms with van der Waals surface area (Å²) < 4.78 is 5.89. The average molecular weight is 450 g/mol. The first kappa shape index (κ1) is 21.0. The van der Waals surface area contributed by atoms with Gasteiger partial charge in [-0.25, -0.2) is 4.98 Å². The van der Waals surface area contributed by atoms with Gasteiger partial charge in [-0.05, 0) is 56.9 Å². The summed E-state index contributed by atoms with van der Waals surface area (Å²) in [6, 6.07) is 13.6. The minimum absolute atomic E-state index is 0.0605. The molecule has 1 fully saturated rings. The Labute approximate surface area is 192 Å². The minimum atomic E-state index is -0.378. The van der Waals surface area contributed by atoms with Crippen molar-refractivity contribution in [1.29, 1.82) is 0 Å². The molecule has 4 aromatic rings. The second-order valence-corrected chi connectivity index (χ2v) is 9.28. The number of aromatic nitrogens is 3. The molecule has 5 rings (SSSR count). The number of furan rings is 1. The molecule has 0 spiro atoms. The summed E-state index contributed by atoms with van der Waals surface area (Å²) in [5, 5.41) is 3.57. The third kappa shape index (κ3) is 4.12. The molecule has 2 atom stereocenters.